The zero-order chi connectivity index (χ0) is 22.5. The van der Waals surface area contributed by atoms with Gasteiger partial charge in [0.1, 0.15) is 0 Å². The molecule has 0 nitrogen and oxygen atoms in total. The third kappa shape index (κ3) is 2.87. The van der Waals surface area contributed by atoms with Crippen LogP contribution in [0.3, 0.4) is 0 Å². The fraction of sp³-hybridized carbons (Fsp3) is 1.00. The highest BCUT2D eigenvalue weighted by atomic mass is 30.9. The van der Waals surface area contributed by atoms with Crippen LogP contribution in [0.5, 0.6) is 0 Å². The lowest BCUT2D eigenvalue weighted by molar-refractivity contribution is 1.78. The van der Waals surface area contributed by atoms with E-state index < -0.39 is 64.0 Å². The molecule has 1 aliphatic heterocycles. The highest BCUT2D eigenvalue weighted by Crippen LogP contribution is 2.71. The summed E-state index contributed by atoms with van der Waals surface area (Å²) in [5.41, 5.74) is 0. The first kappa shape index (κ1) is 27.0. The number of hydrogen-bond donors (Lipinski definition) is 0. The molecule has 0 bridgehead atoms. The predicted octanol–water partition coefficient (Wildman–Crippen LogP) is 7.08. The summed E-state index contributed by atoms with van der Waals surface area (Å²) in [5.74, 6) is 0. The molecule has 0 aromatic heterocycles. The van der Waals surface area contributed by atoms with Gasteiger partial charge in [-0.05, 0) is 0 Å². The molecule has 9 heteroatoms. The summed E-state index contributed by atoms with van der Waals surface area (Å²) in [5, 5.41) is 0. The van der Waals surface area contributed by atoms with Gasteiger partial charge in [-0.3, -0.25) is 0 Å². The SMILES string of the molecule is C[Si](C)(C)[Si]1([Si](C)(C)C)[Si]([Si](C)(C)C)([Si](C)(C)C)[Si]1([Si](C)(C)C)[Si](C)(C)C. The van der Waals surface area contributed by atoms with Crippen molar-refractivity contribution < 1.29 is 0 Å². The minimum Gasteiger partial charge on any atom is -0.0721 e. The molecule has 162 valence electrons. The third-order valence-corrected chi connectivity index (χ3v) is 307. The van der Waals surface area contributed by atoms with Crippen LogP contribution in [0, 0.1) is 0 Å². The molecule has 0 spiro atoms. The second kappa shape index (κ2) is 6.49. The maximum Gasteiger partial charge on any atom is 0.0298 e. The van der Waals surface area contributed by atoms with Crippen LogP contribution in [-0.2, 0) is 0 Å². The van der Waals surface area contributed by atoms with Crippen molar-refractivity contribution in [3.63, 3.8) is 0 Å². The average molecular weight is 523 g/mol. The minimum absolute atomic E-state index is 1.16. The molecule has 0 N–H and O–H groups in total. The van der Waals surface area contributed by atoms with Crippen LogP contribution in [0.15, 0.2) is 0 Å². The van der Waals surface area contributed by atoms with Gasteiger partial charge in [-0.2, -0.15) is 0 Å². The predicted molar refractivity (Wildman–Crippen MR) is 157 cm³/mol. The van der Waals surface area contributed by atoms with Crippen molar-refractivity contribution in [2.45, 2.75) is 118 Å². The molecule has 1 heterocycles. The van der Waals surface area contributed by atoms with Gasteiger partial charge in [-0.25, -0.2) is 0 Å². The molecule has 0 aromatic rings. The minimum atomic E-state index is -1.16. The molecule has 0 amide bonds. The van der Waals surface area contributed by atoms with Gasteiger partial charge in [0.05, 0.1) is 0 Å². The van der Waals surface area contributed by atoms with Crippen molar-refractivity contribution in [1.29, 1.82) is 0 Å². The van der Waals surface area contributed by atoms with Gasteiger partial charge in [0.15, 0.2) is 0 Å². The van der Waals surface area contributed by atoms with Crippen LogP contribution in [0.25, 0.3) is 0 Å². The Balaban J connectivity index is 4.53. The van der Waals surface area contributed by atoms with Crippen molar-refractivity contribution in [3.8, 4) is 0 Å². The van der Waals surface area contributed by atoms with E-state index in [1.165, 1.54) is 0 Å². The zero-order valence-electron chi connectivity index (χ0n) is 22.5. The maximum atomic E-state index is 2.93. The molecule has 0 aliphatic carbocycles. The van der Waals surface area contributed by atoms with E-state index in [1.807, 2.05) is 0 Å². The Morgan fingerprint density at radius 1 is 0.222 bits per heavy atom. The first-order valence-electron chi connectivity index (χ1n) is 11.2. The van der Waals surface area contributed by atoms with Crippen molar-refractivity contribution in [2.75, 3.05) is 0 Å². The summed E-state index contributed by atoms with van der Waals surface area (Å²) in [4.78, 5) is 0. The van der Waals surface area contributed by atoms with E-state index in [0.29, 0.717) is 0 Å². The van der Waals surface area contributed by atoms with Crippen molar-refractivity contribution in [1.82, 2.24) is 0 Å². The van der Waals surface area contributed by atoms with Crippen LogP contribution in [0.1, 0.15) is 0 Å². The molecule has 1 saturated heterocycles. The molecule has 0 radical (unpaired) electrons. The second-order valence-electron chi connectivity index (χ2n) is 15.8. The molecule has 0 saturated carbocycles. The van der Waals surface area contributed by atoms with Crippen LogP contribution < -0.4 is 0 Å². The molecular weight excluding hydrogens is 469 g/mol. The van der Waals surface area contributed by atoms with E-state index >= 15 is 0 Å². The van der Waals surface area contributed by atoms with Gasteiger partial charge in [-0.1, -0.05) is 118 Å². The van der Waals surface area contributed by atoms with Crippen LogP contribution in [0.4, 0.5) is 0 Å². The highest BCUT2D eigenvalue weighted by molar-refractivity contribution is 8.61. The lowest BCUT2D eigenvalue weighted by Gasteiger charge is -2.51. The van der Waals surface area contributed by atoms with E-state index in [0.717, 1.165) is 0 Å². The summed E-state index contributed by atoms with van der Waals surface area (Å²) in [6.45, 7) is 52.7. The smallest absolute Gasteiger partial charge is 0.0298 e. The Morgan fingerprint density at radius 2 is 0.296 bits per heavy atom. The van der Waals surface area contributed by atoms with Gasteiger partial charge in [0.2, 0.25) is 0 Å². The number of rotatable bonds is 6. The van der Waals surface area contributed by atoms with Crippen molar-refractivity contribution in [2.24, 2.45) is 0 Å². The van der Waals surface area contributed by atoms with E-state index in [9.17, 15) is 0 Å². The molecule has 27 heavy (non-hydrogen) atoms. The second-order valence-corrected chi connectivity index (χ2v) is 128. The van der Waals surface area contributed by atoms with Gasteiger partial charge in [0.25, 0.3) is 0 Å². The first-order valence-corrected chi connectivity index (χ1v) is 47.2. The van der Waals surface area contributed by atoms with Crippen molar-refractivity contribution in [3.05, 3.63) is 0 Å². The van der Waals surface area contributed by atoms with Gasteiger partial charge in [0, 0.05) is 64.0 Å². The first-order chi connectivity index (χ1) is 11.2. The summed E-state index contributed by atoms with van der Waals surface area (Å²) < 4.78 is 0. The molecule has 0 unspecified atom stereocenters. The van der Waals surface area contributed by atoms with Gasteiger partial charge >= 0.3 is 0 Å². The number of hydrogen-bond acceptors (Lipinski definition) is 0. The van der Waals surface area contributed by atoms with Gasteiger partial charge in [-0.15, -0.1) is 0 Å². The standard InChI is InChI=1S/C18H54Si9/c1-19(2,3)25(20(4,5)6)26(21(7,8)9,22(10,11)12)27(25,23(13,14)15)24(16,17)18/h1-18H3. The fourth-order valence-electron chi connectivity index (χ4n) is 10.7. The largest absolute Gasteiger partial charge is 0.0721 e. The van der Waals surface area contributed by atoms with Crippen LogP contribution in [-0.4, -0.2) is 64.0 Å². The monoisotopic (exact) mass is 522 g/mol. The van der Waals surface area contributed by atoms with E-state index in [2.05, 4.69) is 118 Å². The quantitative estimate of drug-likeness (QED) is 0.327. The van der Waals surface area contributed by atoms with Crippen LogP contribution >= 0.6 is 0 Å². The lowest BCUT2D eigenvalue weighted by Crippen LogP contribution is -2.79. The average Bonchev–Trinajstić information content (AvgIpc) is 2.86. The topological polar surface area (TPSA) is 0 Å². The Bertz CT molecular complexity index is 444. The zero-order valence-corrected chi connectivity index (χ0v) is 31.5. The normalized spacial score (nSPS) is 23.3. The van der Waals surface area contributed by atoms with Crippen LogP contribution in [0.2, 0.25) is 118 Å². The molecule has 1 fully saturated rings. The molecule has 0 atom stereocenters. The molecule has 0 aromatic carbocycles. The summed E-state index contributed by atoms with van der Waals surface area (Å²) in [7, 11) is -6.94. The Labute approximate surface area is 180 Å². The molecule has 1 rings (SSSR count). The molecular formula is C18H54Si9. The summed E-state index contributed by atoms with van der Waals surface area (Å²) >= 11 is 0. The Hall–Kier alpha value is 1.95. The summed E-state index contributed by atoms with van der Waals surface area (Å²) in [6.07, 6.45) is -3.47. The maximum absolute atomic E-state index is 2.93. The van der Waals surface area contributed by atoms with Gasteiger partial charge < -0.3 is 0 Å². The molecule has 1 aliphatic rings. The Kier molecular flexibility index (Phi) is 6.48. The third-order valence-electron chi connectivity index (χ3n) is 8.38. The fourth-order valence-corrected chi connectivity index (χ4v) is 775. The van der Waals surface area contributed by atoms with E-state index in [4.69, 9.17) is 0 Å². The summed E-state index contributed by atoms with van der Waals surface area (Å²) in [6, 6.07) is 0. The van der Waals surface area contributed by atoms with Crippen molar-refractivity contribution >= 4 is 64.0 Å². The van der Waals surface area contributed by atoms with E-state index in [1.54, 1.807) is 0 Å². The van der Waals surface area contributed by atoms with E-state index in [-0.39, 0.29) is 0 Å². The Morgan fingerprint density at radius 3 is 0.333 bits per heavy atom. The highest BCUT2D eigenvalue weighted by Gasteiger charge is 3.03. The lowest BCUT2D eigenvalue weighted by atomic mass is 11.8.